The third-order valence-electron chi connectivity index (χ3n) is 3.27. The summed E-state index contributed by atoms with van der Waals surface area (Å²) in [4.78, 5) is 4.37. The molecule has 0 N–H and O–H groups in total. The van der Waals surface area contributed by atoms with Crippen LogP contribution in [0.2, 0.25) is 0 Å². The van der Waals surface area contributed by atoms with E-state index in [0.29, 0.717) is 17.9 Å². The maximum absolute atomic E-state index is 8.99. The zero-order valence-corrected chi connectivity index (χ0v) is 11.1. The summed E-state index contributed by atoms with van der Waals surface area (Å²) in [6, 6.07) is 15.8. The van der Waals surface area contributed by atoms with E-state index >= 15 is 0 Å². The number of para-hydroxylation sites is 2. The molecule has 0 saturated carbocycles. The van der Waals surface area contributed by atoms with Crippen LogP contribution in [0.1, 0.15) is 11.1 Å². The molecule has 0 aliphatic heterocycles. The molecular weight excluding hydrogens is 250 g/mol. The Morgan fingerprint density at radius 2 is 2.10 bits per heavy atom. The molecule has 1 heterocycles. The van der Waals surface area contributed by atoms with Crippen LogP contribution in [0.5, 0.6) is 5.75 Å². The first kappa shape index (κ1) is 12.2. The molecule has 0 unspecified atom stereocenters. The van der Waals surface area contributed by atoms with Gasteiger partial charge in [-0.3, -0.25) is 0 Å². The van der Waals surface area contributed by atoms with Crippen LogP contribution in [0, 0.1) is 11.3 Å². The molecule has 20 heavy (non-hydrogen) atoms. The Balaban J connectivity index is 1.97. The van der Waals surface area contributed by atoms with Crippen molar-refractivity contribution in [3.8, 4) is 11.8 Å². The summed E-state index contributed by atoms with van der Waals surface area (Å²) in [6.07, 6.45) is 1.83. The topological polar surface area (TPSA) is 50.8 Å². The van der Waals surface area contributed by atoms with Crippen LogP contribution in [0.3, 0.4) is 0 Å². The standard InChI is InChI=1S/C16H13N3O/c1-20-16-8-12(6-7-13(16)9-17)10-19-11-18-14-4-2-3-5-15(14)19/h2-8,11H,10H2,1H3. The highest BCUT2D eigenvalue weighted by Gasteiger charge is 2.06. The lowest BCUT2D eigenvalue weighted by Crippen LogP contribution is -1.99. The highest BCUT2D eigenvalue weighted by molar-refractivity contribution is 5.75. The van der Waals surface area contributed by atoms with Crippen LogP contribution in [0.4, 0.5) is 0 Å². The van der Waals surface area contributed by atoms with Crippen molar-refractivity contribution in [2.24, 2.45) is 0 Å². The molecule has 1 aromatic heterocycles. The van der Waals surface area contributed by atoms with Gasteiger partial charge in [0.25, 0.3) is 0 Å². The lowest BCUT2D eigenvalue weighted by atomic mass is 10.1. The van der Waals surface area contributed by atoms with E-state index in [1.54, 1.807) is 13.2 Å². The summed E-state index contributed by atoms with van der Waals surface area (Å²) < 4.78 is 7.32. The van der Waals surface area contributed by atoms with Gasteiger partial charge in [-0.25, -0.2) is 4.98 Å². The van der Waals surface area contributed by atoms with Gasteiger partial charge in [0.05, 0.1) is 30.0 Å². The Bertz CT molecular complexity index is 799. The average molecular weight is 263 g/mol. The van der Waals surface area contributed by atoms with Crippen LogP contribution in [-0.4, -0.2) is 16.7 Å². The SMILES string of the molecule is COc1cc(Cn2cnc3ccccc32)ccc1C#N. The Morgan fingerprint density at radius 3 is 2.90 bits per heavy atom. The number of benzene rings is 2. The van der Waals surface area contributed by atoms with Crippen LogP contribution in [-0.2, 0) is 6.54 Å². The van der Waals surface area contributed by atoms with Gasteiger partial charge in [0.15, 0.2) is 0 Å². The molecule has 0 radical (unpaired) electrons. The zero-order valence-electron chi connectivity index (χ0n) is 11.1. The quantitative estimate of drug-likeness (QED) is 0.730. The fraction of sp³-hybridized carbons (Fsp3) is 0.125. The van der Waals surface area contributed by atoms with E-state index in [1.165, 1.54) is 0 Å². The van der Waals surface area contributed by atoms with Gasteiger partial charge in [-0.15, -0.1) is 0 Å². The van der Waals surface area contributed by atoms with Gasteiger partial charge in [-0.05, 0) is 29.8 Å². The Morgan fingerprint density at radius 1 is 1.25 bits per heavy atom. The van der Waals surface area contributed by atoms with Crippen molar-refractivity contribution in [2.45, 2.75) is 6.54 Å². The summed E-state index contributed by atoms with van der Waals surface area (Å²) in [6.45, 7) is 0.697. The Kier molecular flexibility index (Phi) is 3.10. The summed E-state index contributed by atoms with van der Waals surface area (Å²) >= 11 is 0. The molecule has 0 atom stereocenters. The highest BCUT2D eigenvalue weighted by atomic mass is 16.5. The van der Waals surface area contributed by atoms with Gasteiger partial charge in [-0.1, -0.05) is 18.2 Å². The number of imidazole rings is 1. The van der Waals surface area contributed by atoms with Gasteiger partial charge >= 0.3 is 0 Å². The third kappa shape index (κ3) is 2.10. The van der Waals surface area contributed by atoms with Crippen molar-refractivity contribution in [1.29, 1.82) is 5.26 Å². The second-order valence-corrected chi connectivity index (χ2v) is 4.51. The van der Waals surface area contributed by atoms with E-state index in [-0.39, 0.29) is 0 Å². The minimum atomic E-state index is 0.548. The molecule has 0 aliphatic carbocycles. The number of hydrogen-bond acceptors (Lipinski definition) is 3. The molecule has 0 fully saturated rings. The van der Waals surface area contributed by atoms with Crippen molar-refractivity contribution in [3.63, 3.8) is 0 Å². The number of methoxy groups -OCH3 is 1. The van der Waals surface area contributed by atoms with E-state index < -0.39 is 0 Å². The Hall–Kier alpha value is -2.80. The normalized spacial score (nSPS) is 10.4. The van der Waals surface area contributed by atoms with E-state index in [4.69, 9.17) is 10.00 Å². The number of rotatable bonds is 3. The maximum atomic E-state index is 8.99. The van der Waals surface area contributed by atoms with Crippen molar-refractivity contribution < 1.29 is 4.74 Å². The minimum absolute atomic E-state index is 0.548. The molecule has 0 amide bonds. The monoisotopic (exact) mass is 263 g/mol. The number of aromatic nitrogens is 2. The zero-order chi connectivity index (χ0) is 13.9. The number of nitriles is 1. The van der Waals surface area contributed by atoms with Crippen LogP contribution >= 0.6 is 0 Å². The number of fused-ring (bicyclic) bond motifs is 1. The molecule has 0 bridgehead atoms. The molecule has 0 spiro atoms. The lowest BCUT2D eigenvalue weighted by Gasteiger charge is -2.08. The van der Waals surface area contributed by atoms with Crippen LogP contribution in [0.15, 0.2) is 48.8 Å². The summed E-state index contributed by atoms with van der Waals surface area (Å²) in [7, 11) is 1.58. The number of ether oxygens (including phenoxy) is 1. The van der Waals surface area contributed by atoms with Gasteiger partial charge in [0, 0.05) is 6.54 Å². The van der Waals surface area contributed by atoms with E-state index in [0.717, 1.165) is 16.6 Å². The first-order chi connectivity index (χ1) is 9.81. The summed E-state index contributed by atoms with van der Waals surface area (Å²) in [5.41, 5.74) is 3.69. The fourth-order valence-corrected chi connectivity index (χ4v) is 2.26. The molecule has 4 nitrogen and oxygen atoms in total. The van der Waals surface area contributed by atoms with Crippen LogP contribution < -0.4 is 4.74 Å². The molecular formula is C16H13N3O. The molecule has 0 saturated heterocycles. The first-order valence-corrected chi connectivity index (χ1v) is 6.28. The van der Waals surface area contributed by atoms with Crippen molar-refractivity contribution in [2.75, 3.05) is 7.11 Å². The van der Waals surface area contributed by atoms with E-state index in [2.05, 4.69) is 15.6 Å². The molecule has 3 aromatic rings. The van der Waals surface area contributed by atoms with Crippen LogP contribution in [0.25, 0.3) is 11.0 Å². The van der Waals surface area contributed by atoms with Gasteiger partial charge in [0.2, 0.25) is 0 Å². The average Bonchev–Trinajstić information content (AvgIpc) is 2.90. The third-order valence-corrected chi connectivity index (χ3v) is 3.27. The molecule has 98 valence electrons. The second-order valence-electron chi connectivity index (χ2n) is 4.51. The molecule has 4 heteroatoms. The van der Waals surface area contributed by atoms with Gasteiger partial charge in [-0.2, -0.15) is 5.26 Å². The van der Waals surface area contributed by atoms with Crippen molar-refractivity contribution in [1.82, 2.24) is 9.55 Å². The Labute approximate surface area is 116 Å². The molecule has 0 aliphatic rings. The summed E-state index contributed by atoms with van der Waals surface area (Å²) in [5.74, 6) is 0.606. The minimum Gasteiger partial charge on any atom is -0.495 e. The second kappa shape index (κ2) is 5.06. The summed E-state index contributed by atoms with van der Waals surface area (Å²) in [5, 5.41) is 8.99. The number of hydrogen-bond donors (Lipinski definition) is 0. The van der Waals surface area contributed by atoms with Crippen molar-refractivity contribution in [3.05, 3.63) is 59.9 Å². The van der Waals surface area contributed by atoms with Gasteiger partial charge in [0.1, 0.15) is 11.8 Å². The lowest BCUT2D eigenvalue weighted by molar-refractivity contribution is 0.413. The highest BCUT2D eigenvalue weighted by Crippen LogP contribution is 2.21. The maximum Gasteiger partial charge on any atom is 0.136 e. The predicted molar refractivity (Wildman–Crippen MR) is 76.5 cm³/mol. The van der Waals surface area contributed by atoms with E-state index in [9.17, 15) is 0 Å². The molecule has 3 rings (SSSR count). The number of nitrogens with zero attached hydrogens (tertiary/aromatic N) is 3. The largest absolute Gasteiger partial charge is 0.495 e. The fourth-order valence-electron chi connectivity index (χ4n) is 2.26. The smallest absolute Gasteiger partial charge is 0.136 e. The van der Waals surface area contributed by atoms with E-state index in [1.807, 2.05) is 42.7 Å². The predicted octanol–water partition coefficient (Wildman–Crippen LogP) is 2.96. The molecule has 2 aromatic carbocycles. The van der Waals surface area contributed by atoms with Crippen molar-refractivity contribution >= 4 is 11.0 Å². The first-order valence-electron chi connectivity index (χ1n) is 6.28. The van der Waals surface area contributed by atoms with Gasteiger partial charge < -0.3 is 9.30 Å².